The number of carbonyl (C=O) groups excluding carboxylic acids is 1. The highest BCUT2D eigenvalue weighted by Gasteiger charge is 2.29. The summed E-state index contributed by atoms with van der Waals surface area (Å²) in [6.45, 7) is 1.18. The van der Waals surface area contributed by atoms with Crippen LogP contribution < -0.4 is 9.73 Å². The highest BCUT2D eigenvalue weighted by Crippen LogP contribution is 2.35. The van der Waals surface area contributed by atoms with Crippen LogP contribution in [0.15, 0.2) is 87.3 Å². The standard InChI is InChI=1S/C22H18BrCl2N3O3S/c1-15(16-10-12-17(23)13-11-16)26-27-21(29)14-28(20-9-5-8-19(24)22(20)25)32(30,31)18-6-3-2-4-7-18/h2-13H,14H2,1H3,(H,27,29)/b26-15+. The van der Waals surface area contributed by atoms with Crippen LogP contribution in [0, 0.1) is 0 Å². The Morgan fingerprint density at radius 1 is 1.00 bits per heavy atom. The Kier molecular flexibility index (Phi) is 7.95. The number of anilines is 1. The van der Waals surface area contributed by atoms with E-state index in [0.717, 1.165) is 14.3 Å². The van der Waals surface area contributed by atoms with Crippen LogP contribution in [0.2, 0.25) is 10.0 Å². The molecule has 0 saturated heterocycles. The van der Waals surface area contributed by atoms with E-state index in [4.69, 9.17) is 23.2 Å². The smallest absolute Gasteiger partial charge is 0.264 e. The molecule has 0 saturated carbocycles. The summed E-state index contributed by atoms with van der Waals surface area (Å²) in [7, 11) is -4.11. The number of nitrogens with zero attached hydrogens (tertiary/aromatic N) is 2. The number of amides is 1. The number of hydrogen-bond acceptors (Lipinski definition) is 4. The number of hydrazone groups is 1. The van der Waals surface area contributed by atoms with Gasteiger partial charge in [0.25, 0.3) is 15.9 Å². The van der Waals surface area contributed by atoms with E-state index in [1.807, 2.05) is 24.3 Å². The van der Waals surface area contributed by atoms with Crippen molar-refractivity contribution in [2.24, 2.45) is 5.10 Å². The first-order chi connectivity index (χ1) is 15.2. The Morgan fingerprint density at radius 2 is 1.66 bits per heavy atom. The second-order valence-electron chi connectivity index (χ2n) is 6.64. The van der Waals surface area contributed by atoms with Crippen LogP contribution >= 0.6 is 39.1 Å². The number of sulfonamides is 1. The molecule has 3 aromatic carbocycles. The van der Waals surface area contributed by atoms with Crippen molar-refractivity contribution in [1.82, 2.24) is 5.43 Å². The number of nitrogens with one attached hydrogen (secondary N) is 1. The second kappa shape index (κ2) is 10.5. The molecule has 0 radical (unpaired) electrons. The summed E-state index contributed by atoms with van der Waals surface area (Å²) in [6, 6.07) is 19.7. The highest BCUT2D eigenvalue weighted by atomic mass is 79.9. The van der Waals surface area contributed by atoms with E-state index in [0.29, 0.717) is 5.71 Å². The Balaban J connectivity index is 1.90. The predicted molar refractivity (Wildman–Crippen MR) is 132 cm³/mol. The lowest BCUT2D eigenvalue weighted by molar-refractivity contribution is -0.119. The molecule has 0 aliphatic carbocycles. The van der Waals surface area contributed by atoms with Gasteiger partial charge in [-0.2, -0.15) is 5.10 Å². The molecule has 1 amide bonds. The van der Waals surface area contributed by atoms with Crippen LogP contribution in [-0.2, 0) is 14.8 Å². The minimum absolute atomic E-state index is 0.0124. The SMILES string of the molecule is C/C(=N\NC(=O)CN(c1cccc(Cl)c1Cl)S(=O)(=O)c1ccccc1)c1ccc(Br)cc1. The molecule has 10 heteroatoms. The topological polar surface area (TPSA) is 78.8 Å². The summed E-state index contributed by atoms with van der Waals surface area (Å²) in [5.74, 6) is -0.642. The minimum atomic E-state index is -4.11. The zero-order valence-corrected chi connectivity index (χ0v) is 20.7. The molecule has 32 heavy (non-hydrogen) atoms. The Morgan fingerprint density at radius 3 is 2.31 bits per heavy atom. The lowest BCUT2D eigenvalue weighted by atomic mass is 10.1. The van der Waals surface area contributed by atoms with Gasteiger partial charge in [0.15, 0.2) is 0 Å². The zero-order valence-electron chi connectivity index (χ0n) is 16.8. The summed E-state index contributed by atoms with van der Waals surface area (Å²) < 4.78 is 28.5. The average Bonchev–Trinajstić information content (AvgIpc) is 2.79. The van der Waals surface area contributed by atoms with Crippen LogP contribution in [0.1, 0.15) is 12.5 Å². The zero-order chi connectivity index (χ0) is 23.3. The summed E-state index contributed by atoms with van der Waals surface area (Å²) in [5, 5.41) is 4.28. The van der Waals surface area contributed by atoms with Gasteiger partial charge in [-0.1, -0.05) is 75.5 Å². The molecule has 0 fully saturated rings. The number of halogens is 3. The number of carbonyl (C=O) groups is 1. The summed E-state index contributed by atoms with van der Waals surface area (Å²) in [4.78, 5) is 12.7. The van der Waals surface area contributed by atoms with E-state index in [9.17, 15) is 13.2 Å². The van der Waals surface area contributed by atoms with Crippen LogP contribution in [0.5, 0.6) is 0 Å². The third-order valence-electron chi connectivity index (χ3n) is 4.43. The first-order valence-electron chi connectivity index (χ1n) is 9.31. The van der Waals surface area contributed by atoms with Crippen molar-refractivity contribution in [2.45, 2.75) is 11.8 Å². The molecule has 0 aliphatic rings. The van der Waals surface area contributed by atoms with Crippen molar-refractivity contribution in [3.63, 3.8) is 0 Å². The van der Waals surface area contributed by atoms with Gasteiger partial charge in [-0.25, -0.2) is 13.8 Å². The first-order valence-corrected chi connectivity index (χ1v) is 12.3. The normalized spacial score (nSPS) is 11.8. The Bertz CT molecular complexity index is 1250. The molecule has 0 aliphatic heterocycles. The molecule has 0 unspecified atom stereocenters. The largest absolute Gasteiger partial charge is 0.271 e. The van der Waals surface area contributed by atoms with Crippen molar-refractivity contribution in [1.29, 1.82) is 0 Å². The maximum absolute atomic E-state index is 13.3. The van der Waals surface area contributed by atoms with Gasteiger partial charge in [-0.15, -0.1) is 0 Å². The van der Waals surface area contributed by atoms with Gasteiger partial charge in [0.1, 0.15) is 6.54 Å². The molecular weight excluding hydrogens is 537 g/mol. The molecule has 166 valence electrons. The molecule has 1 N–H and O–H groups in total. The van der Waals surface area contributed by atoms with E-state index in [2.05, 4.69) is 26.5 Å². The summed E-state index contributed by atoms with van der Waals surface area (Å²) >= 11 is 15.7. The first kappa shape index (κ1) is 24.3. The Labute approximate surface area is 205 Å². The molecule has 3 rings (SSSR count). The number of hydrogen-bond donors (Lipinski definition) is 1. The van der Waals surface area contributed by atoms with Gasteiger partial charge in [0, 0.05) is 4.47 Å². The molecule has 0 bridgehead atoms. The van der Waals surface area contributed by atoms with Gasteiger partial charge in [-0.3, -0.25) is 9.10 Å². The van der Waals surface area contributed by atoms with Crippen molar-refractivity contribution in [3.05, 3.63) is 92.9 Å². The van der Waals surface area contributed by atoms with Crippen LogP contribution in [-0.4, -0.2) is 26.6 Å². The lowest BCUT2D eigenvalue weighted by Crippen LogP contribution is -2.40. The quantitative estimate of drug-likeness (QED) is 0.310. The third kappa shape index (κ3) is 5.69. The van der Waals surface area contributed by atoms with E-state index in [1.54, 1.807) is 31.2 Å². The van der Waals surface area contributed by atoms with Gasteiger partial charge >= 0.3 is 0 Å². The molecule has 0 atom stereocenters. The minimum Gasteiger partial charge on any atom is -0.271 e. The third-order valence-corrected chi connectivity index (χ3v) is 7.54. The number of benzene rings is 3. The molecule has 6 nitrogen and oxygen atoms in total. The van der Waals surface area contributed by atoms with E-state index in [-0.39, 0.29) is 20.6 Å². The van der Waals surface area contributed by atoms with E-state index < -0.39 is 22.5 Å². The van der Waals surface area contributed by atoms with Crippen molar-refractivity contribution in [2.75, 3.05) is 10.8 Å². The second-order valence-corrected chi connectivity index (χ2v) is 10.2. The molecule has 0 spiro atoms. The monoisotopic (exact) mass is 553 g/mol. The summed E-state index contributed by atoms with van der Waals surface area (Å²) in [6.07, 6.45) is 0. The van der Waals surface area contributed by atoms with Crippen LogP contribution in [0.25, 0.3) is 0 Å². The molecular formula is C22H18BrCl2N3O3S. The van der Waals surface area contributed by atoms with Gasteiger partial charge in [0.05, 0.1) is 26.3 Å². The predicted octanol–water partition coefficient (Wildman–Crippen LogP) is 5.49. The summed E-state index contributed by atoms with van der Waals surface area (Å²) in [5.41, 5.74) is 3.86. The fourth-order valence-corrected chi connectivity index (χ4v) is 4.94. The molecule has 0 aromatic heterocycles. The maximum Gasteiger partial charge on any atom is 0.264 e. The molecule has 3 aromatic rings. The number of rotatable bonds is 7. The fourth-order valence-electron chi connectivity index (χ4n) is 2.77. The maximum atomic E-state index is 13.3. The lowest BCUT2D eigenvalue weighted by Gasteiger charge is -2.25. The fraction of sp³-hybridized carbons (Fsp3) is 0.0909. The Hall–Kier alpha value is -2.39. The van der Waals surface area contributed by atoms with Gasteiger partial charge < -0.3 is 0 Å². The van der Waals surface area contributed by atoms with Gasteiger partial charge in [-0.05, 0) is 48.9 Å². The van der Waals surface area contributed by atoms with E-state index >= 15 is 0 Å². The van der Waals surface area contributed by atoms with Gasteiger partial charge in [0.2, 0.25) is 0 Å². The average molecular weight is 555 g/mol. The van der Waals surface area contributed by atoms with Crippen molar-refractivity contribution >= 4 is 66.5 Å². The van der Waals surface area contributed by atoms with Crippen molar-refractivity contribution in [3.8, 4) is 0 Å². The van der Waals surface area contributed by atoms with Crippen molar-refractivity contribution < 1.29 is 13.2 Å². The van der Waals surface area contributed by atoms with E-state index in [1.165, 1.54) is 24.3 Å². The molecule has 0 heterocycles. The van der Waals surface area contributed by atoms with Crippen LogP contribution in [0.4, 0.5) is 5.69 Å². The van der Waals surface area contributed by atoms with Crippen LogP contribution in [0.3, 0.4) is 0 Å². The highest BCUT2D eigenvalue weighted by molar-refractivity contribution is 9.10.